The Morgan fingerprint density at radius 2 is 1.31 bits per heavy atom. The highest BCUT2D eigenvalue weighted by molar-refractivity contribution is 6.93. The Labute approximate surface area is 213 Å². The molecule has 0 bridgehead atoms. The van der Waals surface area contributed by atoms with Crippen LogP contribution in [-0.4, -0.2) is 44.4 Å². The second-order valence-corrected chi connectivity index (χ2v) is 14.7. The van der Waals surface area contributed by atoms with Gasteiger partial charge in [-0.15, -0.1) is 0 Å². The van der Waals surface area contributed by atoms with E-state index in [1.165, 1.54) is 0 Å². The van der Waals surface area contributed by atoms with Crippen molar-refractivity contribution in [1.82, 2.24) is 4.90 Å². The number of ether oxygens (including phenoxy) is 3. The average Bonchev–Trinajstić information content (AvgIpc) is 2.82. The molecule has 0 saturated heterocycles. The molecule has 0 atom stereocenters. The molecular formula is C29H45NO4Si. The summed E-state index contributed by atoms with van der Waals surface area (Å²) < 4.78 is 18.9. The SMILES string of the molecule is CCN(CC)C(=O)Oc1c(-c2ccccc2OC(C)C)ccc(OC(C)C)c1[Si](CC)(CC)CC. The zero-order valence-corrected chi connectivity index (χ0v) is 24.2. The van der Waals surface area contributed by atoms with Gasteiger partial charge in [-0.25, -0.2) is 4.79 Å². The van der Waals surface area contributed by atoms with Gasteiger partial charge in [-0.3, -0.25) is 0 Å². The summed E-state index contributed by atoms with van der Waals surface area (Å²) in [6.07, 6.45) is -0.288. The van der Waals surface area contributed by atoms with Crippen LogP contribution >= 0.6 is 0 Å². The smallest absolute Gasteiger partial charge is 0.415 e. The monoisotopic (exact) mass is 499 g/mol. The molecule has 2 aromatic carbocycles. The molecule has 5 nitrogen and oxygen atoms in total. The highest BCUT2D eigenvalue weighted by Gasteiger charge is 2.38. The van der Waals surface area contributed by atoms with Crippen LogP contribution in [0.3, 0.4) is 0 Å². The van der Waals surface area contributed by atoms with Crippen LogP contribution in [-0.2, 0) is 0 Å². The summed E-state index contributed by atoms with van der Waals surface area (Å²) in [4.78, 5) is 15.1. The maximum atomic E-state index is 13.3. The summed E-state index contributed by atoms with van der Waals surface area (Å²) in [5.41, 5.74) is 1.80. The third-order valence-corrected chi connectivity index (χ3v) is 12.4. The molecule has 0 unspecified atom stereocenters. The van der Waals surface area contributed by atoms with Crippen molar-refractivity contribution in [2.75, 3.05) is 13.1 Å². The lowest BCUT2D eigenvalue weighted by Crippen LogP contribution is -2.48. The molecule has 0 aliphatic heterocycles. The van der Waals surface area contributed by atoms with Gasteiger partial charge in [0.1, 0.15) is 17.2 Å². The van der Waals surface area contributed by atoms with E-state index in [1.54, 1.807) is 4.90 Å². The molecule has 35 heavy (non-hydrogen) atoms. The van der Waals surface area contributed by atoms with Crippen LogP contribution in [0.2, 0.25) is 18.1 Å². The lowest BCUT2D eigenvalue weighted by molar-refractivity contribution is 0.157. The quantitative estimate of drug-likeness (QED) is 0.284. The van der Waals surface area contributed by atoms with Gasteiger partial charge in [0.05, 0.1) is 20.3 Å². The molecule has 194 valence electrons. The predicted molar refractivity (Wildman–Crippen MR) is 149 cm³/mol. The number of para-hydroxylation sites is 1. The van der Waals surface area contributed by atoms with E-state index in [0.717, 1.165) is 45.9 Å². The highest BCUT2D eigenvalue weighted by atomic mass is 28.3. The van der Waals surface area contributed by atoms with Crippen molar-refractivity contribution < 1.29 is 19.0 Å². The Kier molecular flexibility index (Phi) is 10.7. The number of carbonyl (C=O) groups is 1. The second kappa shape index (κ2) is 13.0. The molecule has 2 rings (SSSR count). The molecule has 6 heteroatoms. The van der Waals surface area contributed by atoms with Crippen LogP contribution in [0.1, 0.15) is 62.3 Å². The van der Waals surface area contributed by atoms with Crippen molar-refractivity contribution in [3.05, 3.63) is 36.4 Å². The zero-order valence-electron chi connectivity index (χ0n) is 23.2. The normalized spacial score (nSPS) is 11.6. The third-order valence-electron chi connectivity index (χ3n) is 6.79. The Morgan fingerprint density at radius 3 is 1.83 bits per heavy atom. The van der Waals surface area contributed by atoms with Crippen molar-refractivity contribution in [2.24, 2.45) is 0 Å². The van der Waals surface area contributed by atoms with E-state index in [0.29, 0.717) is 18.8 Å². The third kappa shape index (κ3) is 6.60. The first-order valence-electron chi connectivity index (χ1n) is 13.2. The van der Waals surface area contributed by atoms with Crippen molar-refractivity contribution >= 4 is 19.4 Å². The fraction of sp³-hybridized carbons (Fsp3) is 0.552. The minimum atomic E-state index is -2.05. The van der Waals surface area contributed by atoms with Crippen LogP contribution in [0.4, 0.5) is 4.79 Å². The highest BCUT2D eigenvalue weighted by Crippen LogP contribution is 2.41. The number of carbonyl (C=O) groups excluding carboxylic acids is 1. The molecule has 0 aliphatic rings. The molecular weight excluding hydrogens is 454 g/mol. The van der Waals surface area contributed by atoms with Gasteiger partial charge in [0.15, 0.2) is 0 Å². The van der Waals surface area contributed by atoms with Crippen LogP contribution < -0.4 is 19.4 Å². The largest absolute Gasteiger partial charge is 0.491 e. The molecule has 0 radical (unpaired) electrons. The Hall–Kier alpha value is -2.47. The van der Waals surface area contributed by atoms with E-state index in [2.05, 4.69) is 26.8 Å². The standard InChI is InChI=1S/C29H45NO4Si/c1-10-30(11-2)29(31)34-27-24(23-17-15-16-18-25(23)32-21(6)7)19-20-26(33-22(8)9)28(27)35(12-3,13-4)14-5/h15-22H,10-14H2,1-9H3. The van der Waals surface area contributed by atoms with Gasteiger partial charge in [0.2, 0.25) is 0 Å². The molecule has 1 amide bonds. The molecule has 2 aromatic rings. The van der Waals surface area contributed by atoms with E-state index in [4.69, 9.17) is 14.2 Å². The number of nitrogens with zero attached hydrogens (tertiary/aromatic N) is 1. The number of hydrogen-bond acceptors (Lipinski definition) is 4. The zero-order chi connectivity index (χ0) is 26.2. The maximum absolute atomic E-state index is 13.3. The van der Waals surface area contributed by atoms with Gasteiger partial charge in [-0.2, -0.15) is 0 Å². The first kappa shape index (κ1) is 28.8. The maximum Gasteiger partial charge on any atom is 0.415 e. The number of hydrogen-bond donors (Lipinski definition) is 0. The summed E-state index contributed by atoms with van der Waals surface area (Å²) in [6, 6.07) is 15.2. The number of amides is 1. The molecule has 0 fully saturated rings. The van der Waals surface area contributed by atoms with E-state index in [9.17, 15) is 4.79 Å². The van der Waals surface area contributed by atoms with Crippen LogP contribution in [0.25, 0.3) is 11.1 Å². The van der Waals surface area contributed by atoms with Gasteiger partial charge < -0.3 is 19.1 Å². The molecule has 0 aliphatic carbocycles. The number of benzene rings is 2. The minimum Gasteiger partial charge on any atom is -0.491 e. The predicted octanol–water partition coefficient (Wildman–Crippen LogP) is 7.48. The Balaban J connectivity index is 2.94. The average molecular weight is 500 g/mol. The van der Waals surface area contributed by atoms with Crippen LogP contribution in [0.5, 0.6) is 17.2 Å². The summed E-state index contributed by atoms with van der Waals surface area (Å²) in [7, 11) is -2.05. The second-order valence-electron chi connectivity index (χ2n) is 9.53. The topological polar surface area (TPSA) is 48.0 Å². The van der Waals surface area contributed by atoms with E-state index < -0.39 is 8.07 Å². The van der Waals surface area contributed by atoms with Gasteiger partial charge >= 0.3 is 6.09 Å². The fourth-order valence-electron chi connectivity index (χ4n) is 4.70. The molecule has 0 aromatic heterocycles. The first-order valence-corrected chi connectivity index (χ1v) is 15.9. The first-order chi connectivity index (χ1) is 16.7. The van der Waals surface area contributed by atoms with E-state index >= 15 is 0 Å². The van der Waals surface area contributed by atoms with E-state index in [-0.39, 0.29) is 18.3 Å². The molecule has 0 heterocycles. The van der Waals surface area contributed by atoms with Gasteiger partial charge in [-0.1, -0.05) is 57.1 Å². The summed E-state index contributed by atoms with van der Waals surface area (Å²) in [5.74, 6) is 2.26. The fourth-order valence-corrected chi connectivity index (χ4v) is 8.59. The minimum absolute atomic E-state index is 0.0137. The summed E-state index contributed by atoms with van der Waals surface area (Å²) >= 11 is 0. The Morgan fingerprint density at radius 1 is 0.771 bits per heavy atom. The lowest BCUT2D eigenvalue weighted by Gasteiger charge is -2.34. The van der Waals surface area contributed by atoms with Crippen LogP contribution in [0.15, 0.2) is 36.4 Å². The van der Waals surface area contributed by atoms with Crippen molar-refractivity contribution in [2.45, 2.75) is 92.7 Å². The Bertz CT molecular complexity index is 957. The number of rotatable bonds is 12. The lowest BCUT2D eigenvalue weighted by atomic mass is 10.0. The van der Waals surface area contributed by atoms with Gasteiger partial charge in [0.25, 0.3) is 0 Å². The van der Waals surface area contributed by atoms with Gasteiger partial charge in [0, 0.05) is 29.4 Å². The van der Waals surface area contributed by atoms with Crippen molar-refractivity contribution in [3.8, 4) is 28.4 Å². The van der Waals surface area contributed by atoms with E-state index in [1.807, 2.05) is 71.9 Å². The van der Waals surface area contributed by atoms with Crippen molar-refractivity contribution in [1.29, 1.82) is 0 Å². The van der Waals surface area contributed by atoms with Crippen molar-refractivity contribution in [3.63, 3.8) is 0 Å². The summed E-state index contributed by atoms with van der Waals surface area (Å²) in [6.45, 7) is 20.0. The summed E-state index contributed by atoms with van der Waals surface area (Å²) in [5, 5.41) is 1.11. The molecule has 0 saturated carbocycles. The van der Waals surface area contributed by atoms with Gasteiger partial charge in [-0.05, 0) is 59.7 Å². The molecule has 0 N–H and O–H groups in total. The van der Waals surface area contributed by atoms with Crippen LogP contribution in [0, 0.1) is 0 Å². The molecule has 0 spiro atoms.